The van der Waals surface area contributed by atoms with Crippen LogP contribution in [0.15, 0.2) is 23.2 Å². The zero-order chi connectivity index (χ0) is 22.1. The van der Waals surface area contributed by atoms with E-state index < -0.39 is 6.61 Å². The van der Waals surface area contributed by atoms with Crippen LogP contribution in [0.5, 0.6) is 5.75 Å². The zero-order valence-electron chi connectivity index (χ0n) is 17.8. The molecule has 30 heavy (non-hydrogen) atoms. The molecule has 0 saturated carbocycles. The van der Waals surface area contributed by atoms with E-state index in [2.05, 4.69) is 20.4 Å². The van der Waals surface area contributed by atoms with Crippen LogP contribution in [0.2, 0.25) is 5.02 Å². The third-order valence-corrected chi connectivity index (χ3v) is 5.63. The van der Waals surface area contributed by atoms with Crippen LogP contribution in [0.1, 0.15) is 45.1 Å². The summed E-state index contributed by atoms with van der Waals surface area (Å²) in [6.45, 7) is 2.85. The number of carbonyl (C=O) groups is 1. The summed E-state index contributed by atoms with van der Waals surface area (Å²) in [7, 11) is 1.65. The number of alkyl halides is 2. The summed E-state index contributed by atoms with van der Waals surface area (Å²) >= 11 is 5.99. The summed E-state index contributed by atoms with van der Waals surface area (Å²) in [6.07, 6.45) is 3.38. The van der Waals surface area contributed by atoms with Gasteiger partial charge in [-0.2, -0.15) is 8.78 Å². The minimum Gasteiger partial charge on any atom is -0.434 e. The van der Waals surface area contributed by atoms with Crippen molar-refractivity contribution in [3.63, 3.8) is 0 Å². The number of halogens is 3. The molecule has 1 heterocycles. The number of nitrogens with one attached hydrogen (secondary N) is 2. The molecule has 0 unspecified atom stereocenters. The highest BCUT2D eigenvalue weighted by Crippen LogP contribution is 2.24. The Bertz CT molecular complexity index is 721. The Morgan fingerprint density at radius 1 is 1.30 bits per heavy atom. The first-order valence-corrected chi connectivity index (χ1v) is 10.7. The van der Waals surface area contributed by atoms with Gasteiger partial charge >= 0.3 is 6.61 Å². The minimum atomic E-state index is -2.91. The molecular formula is C21H31ClF2N4O2. The third kappa shape index (κ3) is 7.00. The van der Waals surface area contributed by atoms with Crippen molar-refractivity contribution in [3.05, 3.63) is 28.8 Å². The molecule has 0 atom stereocenters. The molecular weight excluding hydrogens is 414 g/mol. The van der Waals surface area contributed by atoms with E-state index in [-0.39, 0.29) is 30.2 Å². The Morgan fingerprint density at radius 2 is 1.97 bits per heavy atom. The average Bonchev–Trinajstić information content (AvgIpc) is 2.73. The fraction of sp³-hybridized carbons (Fsp3) is 0.619. The highest BCUT2D eigenvalue weighted by molar-refractivity contribution is 6.30. The number of ether oxygens (including phenoxy) is 1. The lowest BCUT2D eigenvalue weighted by atomic mass is 9.98. The summed E-state index contributed by atoms with van der Waals surface area (Å²) in [5.74, 6) is 0.980. The number of hydrogen-bond acceptors (Lipinski definition) is 3. The summed E-state index contributed by atoms with van der Waals surface area (Å²) in [5, 5.41) is 6.90. The van der Waals surface area contributed by atoms with Crippen molar-refractivity contribution in [2.24, 2.45) is 10.9 Å². The molecule has 1 saturated heterocycles. The van der Waals surface area contributed by atoms with Gasteiger partial charge in [-0.1, -0.05) is 25.4 Å². The maximum absolute atomic E-state index is 12.6. The molecule has 6 nitrogen and oxygen atoms in total. The van der Waals surface area contributed by atoms with E-state index in [4.69, 9.17) is 11.6 Å². The van der Waals surface area contributed by atoms with Crippen molar-refractivity contribution in [1.29, 1.82) is 0 Å². The van der Waals surface area contributed by atoms with Crippen LogP contribution in [0.25, 0.3) is 0 Å². The molecule has 1 fully saturated rings. The summed E-state index contributed by atoms with van der Waals surface area (Å²) < 4.78 is 29.8. The lowest BCUT2D eigenvalue weighted by Crippen LogP contribution is -2.50. The van der Waals surface area contributed by atoms with Gasteiger partial charge in [0.25, 0.3) is 0 Å². The number of carbonyl (C=O) groups excluding carboxylic acids is 1. The molecule has 0 spiro atoms. The van der Waals surface area contributed by atoms with Crippen LogP contribution in [-0.2, 0) is 11.3 Å². The number of hydrogen-bond donors (Lipinski definition) is 2. The maximum atomic E-state index is 12.6. The smallest absolute Gasteiger partial charge is 0.387 e. The van der Waals surface area contributed by atoms with Crippen LogP contribution in [0.3, 0.4) is 0 Å². The van der Waals surface area contributed by atoms with E-state index in [1.54, 1.807) is 13.1 Å². The quantitative estimate of drug-likeness (QED) is 0.469. The van der Waals surface area contributed by atoms with Crippen molar-refractivity contribution in [2.45, 2.75) is 58.7 Å². The number of amides is 1. The number of piperidine rings is 1. The van der Waals surface area contributed by atoms with Gasteiger partial charge in [0, 0.05) is 49.2 Å². The number of rotatable bonds is 8. The number of aliphatic imine (C=N–C) groups is 1. The van der Waals surface area contributed by atoms with Crippen molar-refractivity contribution >= 4 is 23.5 Å². The average molecular weight is 445 g/mol. The van der Waals surface area contributed by atoms with Crippen molar-refractivity contribution < 1.29 is 18.3 Å². The summed E-state index contributed by atoms with van der Waals surface area (Å²) in [6, 6.07) is 4.70. The predicted molar refractivity (Wildman–Crippen MR) is 115 cm³/mol. The molecule has 0 aliphatic carbocycles. The lowest BCUT2D eigenvalue weighted by molar-refractivity contribution is -0.136. The Balaban J connectivity index is 1.88. The van der Waals surface area contributed by atoms with Crippen LogP contribution in [0, 0.1) is 5.92 Å². The van der Waals surface area contributed by atoms with Crippen molar-refractivity contribution in [3.8, 4) is 5.75 Å². The van der Waals surface area contributed by atoms with Crippen molar-refractivity contribution in [1.82, 2.24) is 15.5 Å². The molecule has 1 aliphatic rings. The zero-order valence-corrected chi connectivity index (χ0v) is 18.5. The second kappa shape index (κ2) is 11.9. The molecule has 0 radical (unpaired) electrons. The second-order valence-corrected chi connectivity index (χ2v) is 7.75. The monoisotopic (exact) mass is 444 g/mol. The highest BCUT2D eigenvalue weighted by atomic mass is 35.5. The van der Waals surface area contributed by atoms with Gasteiger partial charge in [-0.25, -0.2) is 0 Å². The fourth-order valence-electron chi connectivity index (χ4n) is 3.60. The topological polar surface area (TPSA) is 66.0 Å². The molecule has 2 N–H and O–H groups in total. The van der Waals surface area contributed by atoms with E-state index in [9.17, 15) is 13.6 Å². The van der Waals surface area contributed by atoms with Crippen LogP contribution < -0.4 is 15.4 Å². The molecule has 168 valence electrons. The van der Waals surface area contributed by atoms with E-state index >= 15 is 0 Å². The Kier molecular flexibility index (Phi) is 9.62. The molecule has 2 rings (SSSR count). The second-order valence-electron chi connectivity index (χ2n) is 7.31. The SMILES string of the molecule is CCC(CC)C(=O)N1CCC(NC(=NC)NCc2cc(Cl)ccc2OC(F)F)CC1. The van der Waals surface area contributed by atoms with Crippen LogP contribution >= 0.6 is 11.6 Å². The minimum absolute atomic E-state index is 0.0746. The first kappa shape index (κ1) is 24.2. The number of likely N-dealkylation sites (tertiary alicyclic amines) is 1. The van der Waals surface area contributed by atoms with E-state index in [0.717, 1.165) is 25.7 Å². The van der Waals surface area contributed by atoms with E-state index in [0.29, 0.717) is 29.6 Å². The lowest BCUT2D eigenvalue weighted by Gasteiger charge is -2.34. The first-order valence-electron chi connectivity index (χ1n) is 10.4. The summed E-state index contributed by atoms with van der Waals surface area (Å²) in [5.41, 5.74) is 0.510. The van der Waals surface area contributed by atoms with Crippen molar-refractivity contribution in [2.75, 3.05) is 20.1 Å². The van der Waals surface area contributed by atoms with E-state index in [1.165, 1.54) is 12.1 Å². The van der Waals surface area contributed by atoms with Gasteiger partial charge in [0.1, 0.15) is 5.75 Å². The summed E-state index contributed by atoms with van der Waals surface area (Å²) in [4.78, 5) is 18.7. The third-order valence-electron chi connectivity index (χ3n) is 5.39. The number of benzene rings is 1. The largest absolute Gasteiger partial charge is 0.434 e. The standard InChI is InChI=1S/C21H31ClF2N4O2/c1-4-14(5-2)19(29)28-10-8-17(9-11-28)27-21(25-3)26-13-15-12-16(22)6-7-18(15)30-20(23)24/h6-7,12,14,17,20H,4-5,8-11,13H2,1-3H3,(H2,25,26,27). The normalized spacial score (nSPS) is 15.6. The van der Waals surface area contributed by atoms with Gasteiger partial charge < -0.3 is 20.3 Å². The predicted octanol–water partition coefficient (Wildman–Crippen LogP) is 4.03. The van der Waals surface area contributed by atoms with E-state index in [1.807, 2.05) is 18.7 Å². The maximum Gasteiger partial charge on any atom is 0.387 e. The van der Waals surface area contributed by atoms with Crippen LogP contribution in [-0.4, -0.2) is 49.6 Å². The molecule has 0 bridgehead atoms. The molecule has 1 aromatic rings. The Labute approximate surface area is 182 Å². The molecule has 1 amide bonds. The molecule has 1 aliphatic heterocycles. The highest BCUT2D eigenvalue weighted by Gasteiger charge is 2.26. The van der Waals surface area contributed by atoms with Crippen LogP contribution in [0.4, 0.5) is 8.78 Å². The molecule has 0 aromatic heterocycles. The molecule has 1 aromatic carbocycles. The van der Waals surface area contributed by atoms with Gasteiger partial charge in [-0.15, -0.1) is 0 Å². The number of guanidine groups is 1. The van der Waals surface area contributed by atoms with Gasteiger partial charge in [-0.05, 0) is 43.9 Å². The first-order chi connectivity index (χ1) is 14.4. The number of nitrogens with zero attached hydrogens (tertiary/aromatic N) is 2. The van der Waals surface area contributed by atoms with Gasteiger partial charge in [0.15, 0.2) is 5.96 Å². The Hall–Kier alpha value is -2.09. The van der Waals surface area contributed by atoms with Gasteiger partial charge in [0.2, 0.25) is 5.91 Å². The van der Waals surface area contributed by atoms with Gasteiger partial charge in [-0.3, -0.25) is 9.79 Å². The molecule has 9 heteroatoms. The Morgan fingerprint density at radius 3 is 2.53 bits per heavy atom. The fourth-order valence-corrected chi connectivity index (χ4v) is 3.80. The van der Waals surface area contributed by atoms with Gasteiger partial charge in [0.05, 0.1) is 0 Å².